The van der Waals surface area contributed by atoms with Gasteiger partial charge in [0.2, 0.25) is 5.95 Å². The summed E-state index contributed by atoms with van der Waals surface area (Å²) in [4.78, 5) is 22.9. The Hall–Kier alpha value is -2.60. The predicted octanol–water partition coefficient (Wildman–Crippen LogP) is 5.09. The number of aromatic nitrogens is 4. The van der Waals surface area contributed by atoms with Crippen molar-refractivity contribution in [3.8, 4) is 0 Å². The van der Waals surface area contributed by atoms with E-state index in [2.05, 4.69) is 44.1 Å². The molecule has 0 amide bonds. The van der Waals surface area contributed by atoms with Crippen LogP contribution in [0.5, 0.6) is 0 Å². The van der Waals surface area contributed by atoms with E-state index in [1.54, 1.807) is 31.9 Å². The molecule has 36 heavy (non-hydrogen) atoms. The molecule has 3 atom stereocenters. The molecule has 1 saturated carbocycles. The molecule has 0 saturated heterocycles. The molecule has 1 aliphatic rings. The van der Waals surface area contributed by atoms with E-state index in [4.69, 9.17) is 9.47 Å². The van der Waals surface area contributed by atoms with Gasteiger partial charge in [-0.15, -0.1) is 0 Å². The quantitative estimate of drug-likeness (QED) is 0.221. The second-order valence-electron chi connectivity index (χ2n) is 9.57. The maximum atomic E-state index is 15.4. The average Bonchev–Trinajstić information content (AvgIpc) is 3.13. The summed E-state index contributed by atoms with van der Waals surface area (Å²) in [5.74, 6) is 1.56. The van der Waals surface area contributed by atoms with Gasteiger partial charge in [0.05, 0.1) is 6.10 Å². The van der Waals surface area contributed by atoms with Crippen LogP contribution in [0, 0.1) is 18.7 Å². The molecule has 0 aromatic carbocycles. The fourth-order valence-corrected chi connectivity index (χ4v) is 4.79. The summed E-state index contributed by atoms with van der Waals surface area (Å²) in [6.07, 6.45) is 2.90. The molecule has 1 fully saturated rings. The van der Waals surface area contributed by atoms with Crippen LogP contribution >= 0.6 is 11.9 Å². The van der Waals surface area contributed by atoms with Gasteiger partial charge < -0.3 is 19.7 Å². The first kappa shape index (κ1) is 28.0. The van der Waals surface area contributed by atoms with Crippen LogP contribution < -0.4 is 14.9 Å². The monoisotopic (exact) mass is 523 g/mol. The van der Waals surface area contributed by atoms with Crippen molar-refractivity contribution in [3.05, 3.63) is 23.3 Å². The normalized spacial score (nSPS) is 20.2. The number of nitrogens with zero attached hydrogens (tertiary/aromatic N) is 4. The molecule has 3 unspecified atom stereocenters. The smallest absolute Gasteiger partial charge is 0.432 e. The second-order valence-corrected chi connectivity index (χ2v) is 10.7. The van der Waals surface area contributed by atoms with Gasteiger partial charge in [0, 0.05) is 36.6 Å². The van der Waals surface area contributed by atoms with Crippen LogP contribution in [0.3, 0.4) is 0 Å². The molecule has 2 aromatic heterocycles. The number of halogens is 1. The zero-order valence-electron chi connectivity index (χ0n) is 21.9. The third-order valence-electron chi connectivity index (χ3n) is 6.02. The first-order valence-corrected chi connectivity index (χ1v) is 13.4. The van der Waals surface area contributed by atoms with Crippen LogP contribution in [0.4, 0.5) is 26.8 Å². The highest BCUT2D eigenvalue weighted by Gasteiger charge is 2.29. The molecular weight excluding hydrogens is 485 g/mol. The Morgan fingerprint density at radius 3 is 2.78 bits per heavy atom. The Morgan fingerprint density at radius 1 is 1.33 bits per heavy atom. The molecule has 200 valence electrons. The van der Waals surface area contributed by atoms with Crippen molar-refractivity contribution >= 4 is 35.7 Å². The number of aromatic amines is 1. The molecule has 3 rings (SSSR count). The number of carbonyl (C=O) groups excluding carboxylic acids is 1. The van der Waals surface area contributed by atoms with E-state index in [9.17, 15) is 4.79 Å². The highest BCUT2D eigenvalue weighted by Crippen LogP contribution is 2.30. The summed E-state index contributed by atoms with van der Waals surface area (Å²) < 4.78 is 29.1. The van der Waals surface area contributed by atoms with Gasteiger partial charge >= 0.3 is 6.16 Å². The van der Waals surface area contributed by atoms with Crippen LogP contribution in [0.1, 0.15) is 64.8 Å². The topological polar surface area (TPSA) is 117 Å². The maximum absolute atomic E-state index is 15.4. The summed E-state index contributed by atoms with van der Waals surface area (Å²) in [6, 6.07) is 2.27. The minimum atomic E-state index is -0.879. The van der Waals surface area contributed by atoms with E-state index in [0.717, 1.165) is 37.1 Å². The van der Waals surface area contributed by atoms with Crippen molar-refractivity contribution < 1.29 is 18.7 Å². The Balaban J connectivity index is 1.89. The number of anilines is 3. The lowest BCUT2D eigenvalue weighted by atomic mass is 10.00. The molecule has 0 bridgehead atoms. The molecule has 10 nitrogen and oxygen atoms in total. The number of hydrogen-bond donors (Lipinski definition) is 3. The van der Waals surface area contributed by atoms with Gasteiger partial charge in [0.15, 0.2) is 17.5 Å². The largest absolute Gasteiger partial charge is 0.508 e. The number of aryl methyl sites for hydroxylation is 1. The Labute approximate surface area is 216 Å². The number of nitrogens with one attached hydrogen (secondary N) is 3. The van der Waals surface area contributed by atoms with Gasteiger partial charge in [-0.3, -0.25) is 9.82 Å². The van der Waals surface area contributed by atoms with Crippen LogP contribution in [-0.2, 0) is 16.1 Å². The minimum Gasteiger partial charge on any atom is -0.432 e. The Morgan fingerprint density at radius 2 is 2.11 bits per heavy atom. The SMILES string of the molecule is CCSNC1CCC(C)CC(N(C)c2nc(COC(=O)OC(C)C)c(F)c(Nc3cc(C)[nH]n3)n2)C1. The fourth-order valence-electron chi connectivity index (χ4n) is 4.17. The average molecular weight is 524 g/mol. The first-order chi connectivity index (χ1) is 17.2. The van der Waals surface area contributed by atoms with Crippen molar-refractivity contribution in [1.82, 2.24) is 24.9 Å². The van der Waals surface area contributed by atoms with E-state index in [1.807, 2.05) is 18.9 Å². The highest BCUT2D eigenvalue weighted by atomic mass is 32.2. The number of carbonyl (C=O) groups is 1. The number of rotatable bonds is 10. The highest BCUT2D eigenvalue weighted by molar-refractivity contribution is 7.97. The predicted molar refractivity (Wildman–Crippen MR) is 140 cm³/mol. The minimum absolute atomic E-state index is 0.0351. The van der Waals surface area contributed by atoms with Gasteiger partial charge in [-0.25, -0.2) is 14.2 Å². The van der Waals surface area contributed by atoms with Crippen molar-refractivity contribution in [2.24, 2.45) is 5.92 Å². The van der Waals surface area contributed by atoms with Crippen molar-refractivity contribution in [2.75, 3.05) is 23.0 Å². The second kappa shape index (κ2) is 13.1. The Kier molecular flexibility index (Phi) is 10.2. The van der Waals surface area contributed by atoms with Crippen molar-refractivity contribution in [3.63, 3.8) is 0 Å². The third kappa shape index (κ3) is 7.95. The summed E-state index contributed by atoms with van der Waals surface area (Å²) >= 11 is 1.73. The molecule has 2 aromatic rings. The van der Waals surface area contributed by atoms with Crippen LogP contribution in [0.25, 0.3) is 0 Å². The third-order valence-corrected chi connectivity index (χ3v) is 6.80. The number of ether oxygens (including phenoxy) is 2. The molecule has 1 aliphatic carbocycles. The lowest BCUT2D eigenvalue weighted by molar-refractivity contribution is 0.0285. The lowest BCUT2D eigenvalue weighted by Gasteiger charge is -2.31. The zero-order chi connectivity index (χ0) is 26.2. The molecular formula is C24H38FN7O3S. The molecule has 3 N–H and O–H groups in total. The maximum Gasteiger partial charge on any atom is 0.508 e. The van der Waals surface area contributed by atoms with Crippen molar-refractivity contribution in [2.45, 2.75) is 85.1 Å². The van der Waals surface area contributed by atoms with E-state index in [-0.39, 0.29) is 30.3 Å². The van der Waals surface area contributed by atoms with Crippen LogP contribution in [-0.4, -0.2) is 57.3 Å². The van der Waals surface area contributed by atoms with Crippen molar-refractivity contribution in [1.29, 1.82) is 0 Å². The number of hydrogen-bond acceptors (Lipinski definition) is 10. The van der Waals surface area contributed by atoms with Gasteiger partial charge in [0.1, 0.15) is 12.3 Å². The van der Waals surface area contributed by atoms with Gasteiger partial charge in [-0.05, 0) is 52.4 Å². The lowest BCUT2D eigenvalue weighted by Crippen LogP contribution is -2.38. The fraction of sp³-hybridized carbons (Fsp3) is 0.667. The number of H-pyrrole nitrogens is 1. The molecule has 0 spiro atoms. The molecule has 12 heteroatoms. The molecule has 0 aliphatic heterocycles. The summed E-state index contributed by atoms with van der Waals surface area (Å²) in [5.41, 5.74) is 0.778. The van der Waals surface area contributed by atoms with Crippen LogP contribution in [0.15, 0.2) is 6.07 Å². The summed E-state index contributed by atoms with van der Waals surface area (Å²) in [7, 11) is 1.93. The van der Waals surface area contributed by atoms with Gasteiger partial charge in [-0.2, -0.15) is 10.1 Å². The molecule has 0 radical (unpaired) electrons. The van der Waals surface area contributed by atoms with Gasteiger partial charge in [-0.1, -0.05) is 25.8 Å². The summed E-state index contributed by atoms with van der Waals surface area (Å²) in [5, 5.41) is 9.87. The first-order valence-electron chi connectivity index (χ1n) is 12.4. The zero-order valence-corrected chi connectivity index (χ0v) is 22.7. The Bertz CT molecular complexity index is 1010. The van der Waals surface area contributed by atoms with Gasteiger partial charge in [0.25, 0.3) is 0 Å². The van der Waals surface area contributed by atoms with E-state index in [1.165, 1.54) is 0 Å². The summed E-state index contributed by atoms with van der Waals surface area (Å²) in [6.45, 7) is 9.27. The van der Waals surface area contributed by atoms with Crippen LogP contribution in [0.2, 0.25) is 0 Å². The van der Waals surface area contributed by atoms with E-state index in [0.29, 0.717) is 23.7 Å². The molecule has 2 heterocycles. The van der Waals surface area contributed by atoms with E-state index < -0.39 is 12.0 Å². The van der Waals surface area contributed by atoms with E-state index >= 15 is 4.39 Å². The standard InChI is InChI=1S/C24H38FN7O3S/c1-7-36-31-17-9-8-15(4)10-18(12-17)32(6)23-26-19(13-34-24(33)35-14(2)3)21(25)22(28-23)27-20-11-16(5)29-30-20/h11,14-15,17-18,31H,7-10,12-13H2,1-6H3,(H2,26,27,28,29,30).